The second-order valence-corrected chi connectivity index (χ2v) is 6.44. The molecule has 1 fully saturated rings. The van der Waals surface area contributed by atoms with Gasteiger partial charge in [-0.05, 0) is 65.6 Å². The van der Waals surface area contributed by atoms with E-state index in [1.807, 2.05) is 0 Å². The Morgan fingerprint density at radius 3 is 2.79 bits per heavy atom. The van der Waals surface area contributed by atoms with Crippen molar-refractivity contribution < 1.29 is 14.0 Å². The van der Waals surface area contributed by atoms with Gasteiger partial charge in [0.1, 0.15) is 0 Å². The number of halogens is 1. The van der Waals surface area contributed by atoms with Crippen LogP contribution in [0.25, 0.3) is 0 Å². The van der Waals surface area contributed by atoms with Crippen LogP contribution < -0.4 is 16.0 Å². The van der Waals surface area contributed by atoms with E-state index < -0.39 is 0 Å². The largest absolute Gasteiger partial charge is 0.444 e. The molecule has 0 bridgehead atoms. The Labute approximate surface area is 148 Å². The van der Waals surface area contributed by atoms with Gasteiger partial charge >= 0.3 is 0 Å². The van der Waals surface area contributed by atoms with E-state index in [2.05, 4.69) is 31.9 Å². The molecule has 2 heterocycles. The van der Waals surface area contributed by atoms with Crippen molar-refractivity contribution in [1.82, 2.24) is 10.6 Å². The summed E-state index contributed by atoms with van der Waals surface area (Å²) in [5.41, 5.74) is 1.06. The van der Waals surface area contributed by atoms with Crippen LogP contribution in [-0.2, 0) is 0 Å². The maximum Gasteiger partial charge on any atom is 0.291 e. The van der Waals surface area contributed by atoms with Crippen molar-refractivity contribution >= 4 is 33.4 Å². The van der Waals surface area contributed by atoms with Crippen molar-refractivity contribution in [2.45, 2.75) is 18.9 Å². The Bertz CT molecular complexity index is 738. The fraction of sp³-hybridized carbons (Fsp3) is 0.294. The maximum atomic E-state index is 12.3. The van der Waals surface area contributed by atoms with Gasteiger partial charge in [0, 0.05) is 23.8 Å². The van der Waals surface area contributed by atoms with E-state index in [1.165, 1.54) is 0 Å². The average molecular weight is 392 g/mol. The lowest BCUT2D eigenvalue weighted by molar-refractivity contribution is 0.0929. The zero-order valence-corrected chi connectivity index (χ0v) is 14.6. The molecule has 1 aromatic heterocycles. The Hall–Kier alpha value is -2.12. The molecule has 0 radical (unpaired) electrons. The lowest BCUT2D eigenvalue weighted by atomic mass is 10.1. The lowest BCUT2D eigenvalue weighted by Gasteiger charge is -2.23. The minimum absolute atomic E-state index is 0.138. The Morgan fingerprint density at radius 1 is 1.21 bits per heavy atom. The fourth-order valence-electron chi connectivity index (χ4n) is 2.61. The van der Waals surface area contributed by atoms with Crippen LogP contribution in [0.3, 0.4) is 0 Å². The van der Waals surface area contributed by atoms with E-state index in [1.54, 1.807) is 36.4 Å². The standard InChI is InChI=1S/C17H18BrN3O3/c18-15-7-6-14(24-15)17(23)20-12-4-1-3-11(9-12)16(22)21-13-5-2-8-19-10-13/h1,3-4,6-7,9,13,19H,2,5,8,10H2,(H,20,23)(H,21,22)/t13-/m0/s1. The van der Waals surface area contributed by atoms with Crippen LogP contribution in [-0.4, -0.2) is 30.9 Å². The fourth-order valence-corrected chi connectivity index (χ4v) is 2.92. The first-order chi connectivity index (χ1) is 11.6. The molecule has 0 saturated carbocycles. The SMILES string of the molecule is O=C(N[C@H]1CCCNC1)c1cccc(NC(=O)c2ccc(Br)o2)c1. The summed E-state index contributed by atoms with van der Waals surface area (Å²) in [5, 5.41) is 9.00. The van der Waals surface area contributed by atoms with Crippen molar-refractivity contribution in [3.63, 3.8) is 0 Å². The van der Waals surface area contributed by atoms with Gasteiger partial charge in [0.2, 0.25) is 0 Å². The van der Waals surface area contributed by atoms with Crippen molar-refractivity contribution in [3.8, 4) is 0 Å². The number of piperidine rings is 1. The second-order valence-electron chi connectivity index (χ2n) is 5.66. The van der Waals surface area contributed by atoms with Gasteiger partial charge in [-0.1, -0.05) is 6.07 Å². The number of hydrogen-bond donors (Lipinski definition) is 3. The van der Waals surface area contributed by atoms with E-state index in [0.717, 1.165) is 25.9 Å². The zero-order valence-electron chi connectivity index (χ0n) is 13.0. The molecule has 1 aromatic carbocycles. The van der Waals surface area contributed by atoms with Crippen molar-refractivity contribution in [2.24, 2.45) is 0 Å². The molecule has 1 aliphatic heterocycles. The van der Waals surface area contributed by atoms with E-state index in [0.29, 0.717) is 15.9 Å². The molecular formula is C17H18BrN3O3. The van der Waals surface area contributed by atoms with E-state index in [4.69, 9.17) is 4.42 Å². The highest BCUT2D eigenvalue weighted by atomic mass is 79.9. The van der Waals surface area contributed by atoms with Crippen LogP contribution in [0.2, 0.25) is 0 Å². The van der Waals surface area contributed by atoms with Gasteiger partial charge in [0.05, 0.1) is 0 Å². The first kappa shape index (κ1) is 16.7. The van der Waals surface area contributed by atoms with Crippen LogP contribution in [0.1, 0.15) is 33.8 Å². The number of rotatable bonds is 4. The molecule has 0 aliphatic carbocycles. The number of carbonyl (C=O) groups excluding carboxylic acids is 2. The summed E-state index contributed by atoms with van der Waals surface area (Å²) < 4.78 is 5.70. The molecule has 6 nitrogen and oxygen atoms in total. The van der Waals surface area contributed by atoms with Gasteiger partial charge < -0.3 is 20.4 Å². The summed E-state index contributed by atoms with van der Waals surface area (Å²) in [5.74, 6) is -0.305. The monoisotopic (exact) mass is 391 g/mol. The number of carbonyl (C=O) groups is 2. The highest BCUT2D eigenvalue weighted by Gasteiger charge is 2.17. The molecule has 24 heavy (non-hydrogen) atoms. The molecule has 126 valence electrons. The summed E-state index contributed by atoms with van der Waals surface area (Å²) in [7, 11) is 0. The van der Waals surface area contributed by atoms with Crippen LogP contribution in [0, 0.1) is 0 Å². The van der Waals surface area contributed by atoms with E-state index in [9.17, 15) is 9.59 Å². The molecule has 1 aliphatic rings. The molecule has 1 atom stereocenters. The molecule has 0 spiro atoms. The minimum atomic E-state index is -0.366. The molecule has 1 saturated heterocycles. The normalized spacial score (nSPS) is 17.3. The maximum absolute atomic E-state index is 12.3. The van der Waals surface area contributed by atoms with E-state index >= 15 is 0 Å². The third-order valence-electron chi connectivity index (χ3n) is 3.81. The van der Waals surface area contributed by atoms with Gasteiger partial charge in [-0.2, -0.15) is 0 Å². The highest BCUT2D eigenvalue weighted by molar-refractivity contribution is 9.10. The van der Waals surface area contributed by atoms with Gasteiger partial charge in [0.25, 0.3) is 11.8 Å². The molecule has 2 aromatic rings. The number of hydrogen-bond acceptors (Lipinski definition) is 4. The summed E-state index contributed by atoms with van der Waals surface area (Å²) >= 11 is 3.16. The molecule has 0 unspecified atom stereocenters. The quantitative estimate of drug-likeness (QED) is 0.747. The highest BCUT2D eigenvalue weighted by Crippen LogP contribution is 2.17. The average Bonchev–Trinajstić information content (AvgIpc) is 3.03. The molecular weight excluding hydrogens is 374 g/mol. The van der Waals surface area contributed by atoms with Crippen LogP contribution in [0.4, 0.5) is 5.69 Å². The summed E-state index contributed by atoms with van der Waals surface area (Å²) in [6.45, 7) is 1.78. The summed E-state index contributed by atoms with van der Waals surface area (Å²) in [6, 6.07) is 10.2. The molecule has 3 rings (SSSR count). The first-order valence-corrected chi connectivity index (χ1v) is 8.59. The second kappa shape index (κ2) is 7.63. The number of benzene rings is 1. The van der Waals surface area contributed by atoms with Crippen LogP contribution >= 0.6 is 15.9 Å². The number of anilines is 1. The topological polar surface area (TPSA) is 83.4 Å². The van der Waals surface area contributed by atoms with Gasteiger partial charge in [0.15, 0.2) is 10.4 Å². The predicted molar refractivity (Wildman–Crippen MR) is 94.2 cm³/mol. The smallest absolute Gasteiger partial charge is 0.291 e. The third kappa shape index (κ3) is 4.24. The first-order valence-electron chi connectivity index (χ1n) is 7.80. The molecule has 3 N–H and O–H groups in total. The molecule has 2 amide bonds. The Kier molecular flexibility index (Phi) is 5.32. The number of amides is 2. The zero-order chi connectivity index (χ0) is 16.9. The summed E-state index contributed by atoms with van der Waals surface area (Å²) in [6.07, 6.45) is 2.03. The van der Waals surface area contributed by atoms with Crippen molar-refractivity contribution in [3.05, 3.63) is 52.4 Å². The van der Waals surface area contributed by atoms with Crippen LogP contribution in [0.15, 0.2) is 45.5 Å². The number of furan rings is 1. The van der Waals surface area contributed by atoms with Gasteiger partial charge in [-0.3, -0.25) is 9.59 Å². The number of nitrogens with one attached hydrogen (secondary N) is 3. The molecule has 7 heteroatoms. The van der Waals surface area contributed by atoms with Crippen molar-refractivity contribution in [2.75, 3.05) is 18.4 Å². The van der Waals surface area contributed by atoms with Gasteiger partial charge in [-0.25, -0.2) is 0 Å². The predicted octanol–water partition coefficient (Wildman–Crippen LogP) is 2.78. The van der Waals surface area contributed by atoms with Crippen LogP contribution in [0.5, 0.6) is 0 Å². The minimum Gasteiger partial charge on any atom is -0.444 e. The van der Waals surface area contributed by atoms with E-state index in [-0.39, 0.29) is 23.6 Å². The lowest BCUT2D eigenvalue weighted by Crippen LogP contribution is -2.45. The summed E-state index contributed by atoms with van der Waals surface area (Å²) in [4.78, 5) is 24.4. The third-order valence-corrected chi connectivity index (χ3v) is 4.24. The van der Waals surface area contributed by atoms with Gasteiger partial charge in [-0.15, -0.1) is 0 Å². The Morgan fingerprint density at radius 2 is 2.08 bits per heavy atom. The van der Waals surface area contributed by atoms with Crippen molar-refractivity contribution in [1.29, 1.82) is 0 Å². The Balaban J connectivity index is 1.64.